The Morgan fingerprint density at radius 3 is 2.89 bits per heavy atom. The molecule has 2 aromatic rings. The average Bonchev–Trinajstić information content (AvgIpc) is 2.43. The first-order chi connectivity index (χ1) is 9.24. The number of benzene rings is 2. The lowest BCUT2D eigenvalue weighted by molar-refractivity contribution is 0.618. The fourth-order valence-electron chi connectivity index (χ4n) is 2.38. The molecule has 98 valence electrons. The van der Waals surface area contributed by atoms with Crippen molar-refractivity contribution in [3.63, 3.8) is 0 Å². The van der Waals surface area contributed by atoms with Crippen LogP contribution in [0.4, 0.5) is 10.1 Å². The second-order valence-corrected chi connectivity index (χ2v) is 5.97. The molecule has 1 N–H and O–H groups in total. The lowest BCUT2D eigenvalue weighted by atomic mass is 10.0. The van der Waals surface area contributed by atoms with Crippen LogP contribution in [0.1, 0.15) is 23.6 Å². The van der Waals surface area contributed by atoms with Gasteiger partial charge >= 0.3 is 0 Å². The van der Waals surface area contributed by atoms with E-state index < -0.39 is 0 Å². The summed E-state index contributed by atoms with van der Waals surface area (Å²) in [6.07, 6.45) is 1.07. The smallest absolute Gasteiger partial charge is 0.128 e. The van der Waals surface area contributed by atoms with Crippen molar-refractivity contribution in [2.45, 2.75) is 24.3 Å². The molecule has 3 rings (SSSR count). The Hall–Kier alpha value is -1.48. The van der Waals surface area contributed by atoms with E-state index in [1.165, 1.54) is 10.5 Å². The predicted molar refractivity (Wildman–Crippen MR) is 79.3 cm³/mol. The van der Waals surface area contributed by atoms with Crippen LogP contribution < -0.4 is 5.32 Å². The highest BCUT2D eigenvalue weighted by molar-refractivity contribution is 7.99. The van der Waals surface area contributed by atoms with Crippen LogP contribution in [0.5, 0.6) is 0 Å². The van der Waals surface area contributed by atoms with Crippen molar-refractivity contribution in [1.29, 1.82) is 0 Å². The van der Waals surface area contributed by atoms with E-state index in [2.05, 4.69) is 29.6 Å². The SMILES string of the molecule is Cc1ccc(NC2CCSc3ccccc32)cc1F. The molecule has 0 radical (unpaired) electrons. The molecule has 0 amide bonds. The van der Waals surface area contributed by atoms with Gasteiger partial charge in [0.25, 0.3) is 0 Å². The summed E-state index contributed by atoms with van der Waals surface area (Å²) in [5.41, 5.74) is 2.86. The van der Waals surface area contributed by atoms with E-state index in [1.807, 2.05) is 23.9 Å². The van der Waals surface area contributed by atoms with E-state index in [4.69, 9.17) is 0 Å². The largest absolute Gasteiger partial charge is 0.378 e. The Balaban J connectivity index is 1.86. The molecule has 1 aliphatic heterocycles. The summed E-state index contributed by atoms with van der Waals surface area (Å²) < 4.78 is 13.6. The maximum atomic E-state index is 13.6. The van der Waals surface area contributed by atoms with Gasteiger partial charge in [-0.05, 0) is 42.7 Å². The van der Waals surface area contributed by atoms with Gasteiger partial charge < -0.3 is 5.32 Å². The van der Waals surface area contributed by atoms with Crippen LogP contribution in [0.25, 0.3) is 0 Å². The second-order valence-electron chi connectivity index (χ2n) is 4.84. The van der Waals surface area contributed by atoms with Crippen LogP contribution in [0.2, 0.25) is 0 Å². The quantitative estimate of drug-likeness (QED) is 0.844. The Morgan fingerprint density at radius 2 is 2.05 bits per heavy atom. The van der Waals surface area contributed by atoms with E-state index in [9.17, 15) is 4.39 Å². The lowest BCUT2D eigenvalue weighted by Crippen LogP contribution is -2.16. The summed E-state index contributed by atoms with van der Waals surface area (Å²) in [6, 6.07) is 14.1. The summed E-state index contributed by atoms with van der Waals surface area (Å²) in [5, 5.41) is 3.45. The van der Waals surface area contributed by atoms with Gasteiger partial charge in [-0.25, -0.2) is 4.39 Å². The number of halogens is 1. The van der Waals surface area contributed by atoms with E-state index in [1.54, 1.807) is 13.0 Å². The number of hydrogen-bond acceptors (Lipinski definition) is 2. The van der Waals surface area contributed by atoms with E-state index in [0.29, 0.717) is 5.56 Å². The zero-order valence-corrected chi connectivity index (χ0v) is 11.6. The van der Waals surface area contributed by atoms with Crippen LogP contribution in [0.3, 0.4) is 0 Å². The van der Waals surface area contributed by atoms with Crippen molar-refractivity contribution < 1.29 is 4.39 Å². The topological polar surface area (TPSA) is 12.0 Å². The summed E-state index contributed by atoms with van der Waals surface area (Å²) in [5.74, 6) is 0.951. The van der Waals surface area contributed by atoms with E-state index >= 15 is 0 Å². The van der Waals surface area contributed by atoms with Crippen LogP contribution in [-0.4, -0.2) is 5.75 Å². The fraction of sp³-hybridized carbons (Fsp3) is 0.250. The van der Waals surface area contributed by atoms with Gasteiger partial charge in [-0.3, -0.25) is 0 Å². The van der Waals surface area contributed by atoms with Gasteiger partial charge in [-0.15, -0.1) is 11.8 Å². The normalized spacial score (nSPS) is 17.9. The molecule has 2 aromatic carbocycles. The maximum absolute atomic E-state index is 13.6. The van der Waals surface area contributed by atoms with Crippen molar-refractivity contribution in [3.8, 4) is 0 Å². The van der Waals surface area contributed by atoms with Crippen LogP contribution in [0, 0.1) is 12.7 Å². The molecule has 0 fully saturated rings. The molecule has 0 bridgehead atoms. The second kappa shape index (κ2) is 5.25. The number of thioether (sulfide) groups is 1. The van der Waals surface area contributed by atoms with Crippen molar-refractivity contribution in [1.82, 2.24) is 0 Å². The number of aryl methyl sites for hydroxylation is 1. The molecule has 3 heteroatoms. The highest BCUT2D eigenvalue weighted by atomic mass is 32.2. The minimum Gasteiger partial charge on any atom is -0.378 e. The van der Waals surface area contributed by atoms with Gasteiger partial charge in [-0.2, -0.15) is 0 Å². The standard InChI is InChI=1S/C16H16FNS/c1-11-6-7-12(10-14(11)17)18-15-8-9-19-16-5-3-2-4-13(15)16/h2-7,10,15,18H,8-9H2,1H3. The van der Waals surface area contributed by atoms with Gasteiger partial charge in [0.05, 0.1) is 6.04 Å². The summed E-state index contributed by atoms with van der Waals surface area (Å²) >= 11 is 1.89. The zero-order chi connectivity index (χ0) is 13.2. The van der Waals surface area contributed by atoms with E-state index in [0.717, 1.165) is 17.9 Å². The lowest BCUT2D eigenvalue weighted by Gasteiger charge is -2.26. The Morgan fingerprint density at radius 1 is 1.21 bits per heavy atom. The molecule has 0 aliphatic carbocycles. The number of anilines is 1. The molecule has 1 aliphatic rings. The molecule has 0 aromatic heterocycles. The summed E-state index contributed by atoms with van der Waals surface area (Å²) in [6.45, 7) is 1.78. The Labute approximate surface area is 117 Å². The zero-order valence-electron chi connectivity index (χ0n) is 10.8. The van der Waals surface area contributed by atoms with Crippen molar-refractivity contribution in [2.24, 2.45) is 0 Å². The average molecular weight is 273 g/mol. The summed E-state index contributed by atoms with van der Waals surface area (Å²) in [7, 11) is 0. The third-order valence-electron chi connectivity index (χ3n) is 3.47. The van der Waals surface area contributed by atoms with Gasteiger partial charge in [0.1, 0.15) is 5.82 Å². The molecule has 0 saturated carbocycles. The first-order valence-corrected chi connectivity index (χ1v) is 7.47. The van der Waals surface area contributed by atoms with Crippen molar-refractivity contribution in [3.05, 3.63) is 59.4 Å². The third kappa shape index (κ3) is 2.61. The minimum absolute atomic E-state index is 0.150. The number of fused-ring (bicyclic) bond motifs is 1. The van der Waals surface area contributed by atoms with Gasteiger partial charge in [0.2, 0.25) is 0 Å². The third-order valence-corrected chi connectivity index (χ3v) is 4.59. The van der Waals surface area contributed by atoms with Crippen molar-refractivity contribution >= 4 is 17.4 Å². The van der Waals surface area contributed by atoms with Crippen LogP contribution in [0.15, 0.2) is 47.4 Å². The number of nitrogens with one attached hydrogen (secondary N) is 1. The molecule has 0 saturated heterocycles. The molecule has 1 unspecified atom stereocenters. The van der Waals surface area contributed by atoms with Gasteiger partial charge in [0.15, 0.2) is 0 Å². The highest BCUT2D eigenvalue weighted by Gasteiger charge is 2.20. The van der Waals surface area contributed by atoms with Gasteiger partial charge in [-0.1, -0.05) is 24.3 Å². The number of hydrogen-bond donors (Lipinski definition) is 1. The maximum Gasteiger partial charge on any atom is 0.128 e. The first-order valence-electron chi connectivity index (χ1n) is 6.48. The fourth-order valence-corrected chi connectivity index (χ4v) is 3.50. The van der Waals surface area contributed by atoms with E-state index in [-0.39, 0.29) is 11.9 Å². The molecule has 1 nitrogen and oxygen atoms in total. The number of rotatable bonds is 2. The Kier molecular flexibility index (Phi) is 3.47. The van der Waals surface area contributed by atoms with Crippen LogP contribution >= 0.6 is 11.8 Å². The predicted octanol–water partition coefficient (Wildman–Crippen LogP) is 4.78. The van der Waals surface area contributed by atoms with Gasteiger partial charge in [0, 0.05) is 16.3 Å². The molecule has 19 heavy (non-hydrogen) atoms. The monoisotopic (exact) mass is 273 g/mol. The molecular formula is C16H16FNS. The first kappa shape index (κ1) is 12.5. The minimum atomic E-state index is -0.150. The molecule has 1 atom stereocenters. The molecule has 0 spiro atoms. The van der Waals surface area contributed by atoms with Crippen molar-refractivity contribution in [2.75, 3.05) is 11.1 Å². The Bertz CT molecular complexity index is 597. The van der Waals surface area contributed by atoms with Crippen LogP contribution in [-0.2, 0) is 0 Å². The molecule has 1 heterocycles. The summed E-state index contributed by atoms with van der Waals surface area (Å²) in [4.78, 5) is 1.33. The molecular weight excluding hydrogens is 257 g/mol. The highest BCUT2D eigenvalue weighted by Crippen LogP contribution is 2.37.